The summed E-state index contributed by atoms with van der Waals surface area (Å²) in [6.45, 7) is 5.34. The second kappa shape index (κ2) is 8.91. The number of hydrogen-bond acceptors (Lipinski definition) is 5. The zero-order chi connectivity index (χ0) is 18.4. The van der Waals surface area contributed by atoms with E-state index < -0.39 is 0 Å². The molecule has 1 aromatic carbocycles. The van der Waals surface area contributed by atoms with Crippen molar-refractivity contribution in [3.05, 3.63) is 40.3 Å². The molecular formula is C19H26N4O3. The molecule has 0 spiro atoms. The van der Waals surface area contributed by atoms with Gasteiger partial charge in [0.05, 0.1) is 30.7 Å². The third-order valence-corrected chi connectivity index (χ3v) is 4.69. The number of nitrogens with one attached hydrogen (secondary N) is 1. The van der Waals surface area contributed by atoms with Crippen molar-refractivity contribution in [2.45, 2.75) is 19.3 Å². The van der Waals surface area contributed by atoms with Gasteiger partial charge in [-0.3, -0.25) is 14.5 Å². The number of ether oxygens (including phenoxy) is 1. The van der Waals surface area contributed by atoms with E-state index in [9.17, 15) is 9.59 Å². The van der Waals surface area contributed by atoms with Gasteiger partial charge in [-0.1, -0.05) is 18.2 Å². The molecule has 0 saturated carbocycles. The maximum Gasteiger partial charge on any atom is 0.274 e. The number of nitrogens with zero attached hydrogens (tertiary/aromatic N) is 3. The Labute approximate surface area is 152 Å². The second-order valence-corrected chi connectivity index (χ2v) is 6.61. The summed E-state index contributed by atoms with van der Waals surface area (Å²) >= 11 is 0. The first kappa shape index (κ1) is 18.5. The molecule has 0 unspecified atom stereocenters. The number of aryl methyl sites for hydroxylation is 1. The molecule has 0 radical (unpaired) electrons. The van der Waals surface area contributed by atoms with E-state index in [0.717, 1.165) is 51.1 Å². The van der Waals surface area contributed by atoms with Crippen LogP contribution in [0, 0.1) is 0 Å². The van der Waals surface area contributed by atoms with Gasteiger partial charge in [-0.25, -0.2) is 4.68 Å². The van der Waals surface area contributed by atoms with Crippen molar-refractivity contribution < 1.29 is 9.53 Å². The lowest BCUT2D eigenvalue weighted by Crippen LogP contribution is -2.37. The van der Waals surface area contributed by atoms with Crippen LogP contribution in [-0.2, 0) is 23.0 Å². The van der Waals surface area contributed by atoms with Gasteiger partial charge in [-0.15, -0.1) is 0 Å². The Morgan fingerprint density at radius 2 is 1.92 bits per heavy atom. The van der Waals surface area contributed by atoms with Gasteiger partial charge < -0.3 is 10.1 Å². The number of rotatable bonds is 7. The lowest BCUT2D eigenvalue weighted by atomic mass is 10.1. The van der Waals surface area contributed by atoms with E-state index in [1.807, 2.05) is 18.2 Å². The lowest BCUT2D eigenvalue weighted by Gasteiger charge is -2.26. The van der Waals surface area contributed by atoms with Crippen LogP contribution in [0.2, 0.25) is 0 Å². The fraction of sp³-hybridized carbons (Fsp3) is 0.526. The highest BCUT2D eigenvalue weighted by Gasteiger charge is 2.12. The van der Waals surface area contributed by atoms with E-state index in [-0.39, 0.29) is 17.9 Å². The summed E-state index contributed by atoms with van der Waals surface area (Å²) in [6, 6.07) is 7.29. The summed E-state index contributed by atoms with van der Waals surface area (Å²) in [7, 11) is 1.61. The second-order valence-electron chi connectivity index (χ2n) is 6.61. The number of hydrogen-bond donors (Lipinski definition) is 1. The Morgan fingerprint density at radius 3 is 2.69 bits per heavy atom. The molecule has 2 aromatic rings. The van der Waals surface area contributed by atoms with Crippen molar-refractivity contribution >= 4 is 16.7 Å². The number of morpholine rings is 1. The number of carbonyl (C=O) groups excluding carboxylic acids is 1. The average molecular weight is 358 g/mol. The van der Waals surface area contributed by atoms with E-state index in [1.54, 1.807) is 13.1 Å². The normalized spacial score (nSPS) is 15.3. The molecule has 1 amide bonds. The number of amides is 1. The van der Waals surface area contributed by atoms with Crippen molar-refractivity contribution in [1.82, 2.24) is 20.0 Å². The van der Waals surface area contributed by atoms with E-state index in [1.165, 1.54) is 4.68 Å². The number of fused-ring (bicyclic) bond motifs is 1. The van der Waals surface area contributed by atoms with Gasteiger partial charge in [0, 0.05) is 32.1 Å². The summed E-state index contributed by atoms with van der Waals surface area (Å²) in [5.74, 6) is -0.0623. The Balaban J connectivity index is 1.48. The van der Waals surface area contributed by atoms with E-state index in [2.05, 4.69) is 15.3 Å². The van der Waals surface area contributed by atoms with E-state index in [4.69, 9.17) is 4.74 Å². The highest BCUT2D eigenvalue weighted by Crippen LogP contribution is 2.13. The first-order valence-electron chi connectivity index (χ1n) is 9.17. The monoisotopic (exact) mass is 358 g/mol. The molecule has 3 rings (SSSR count). The molecule has 1 N–H and O–H groups in total. The zero-order valence-electron chi connectivity index (χ0n) is 15.2. The standard InChI is InChI=1S/C19H26N4O3/c1-22-19(25)16-7-3-2-6-15(16)17(21-22)14-18(24)20-8-4-5-9-23-10-12-26-13-11-23/h2-3,6-7H,4-5,8-14H2,1H3,(H,20,24). The predicted molar refractivity (Wildman–Crippen MR) is 100 cm³/mol. The van der Waals surface area contributed by atoms with Crippen LogP contribution in [0.5, 0.6) is 0 Å². The minimum Gasteiger partial charge on any atom is -0.379 e. The van der Waals surface area contributed by atoms with Gasteiger partial charge >= 0.3 is 0 Å². The van der Waals surface area contributed by atoms with Gasteiger partial charge in [0.15, 0.2) is 0 Å². The van der Waals surface area contributed by atoms with Crippen molar-refractivity contribution in [2.24, 2.45) is 7.05 Å². The molecule has 0 aliphatic carbocycles. The summed E-state index contributed by atoms with van der Waals surface area (Å²) in [5, 5.41) is 8.57. The van der Waals surface area contributed by atoms with Crippen molar-refractivity contribution in [1.29, 1.82) is 0 Å². The molecule has 1 aliphatic heterocycles. The van der Waals surface area contributed by atoms with Gasteiger partial charge in [0.25, 0.3) is 5.56 Å². The fourth-order valence-electron chi connectivity index (χ4n) is 3.23. The van der Waals surface area contributed by atoms with Crippen molar-refractivity contribution in [2.75, 3.05) is 39.4 Å². The Kier molecular flexibility index (Phi) is 6.35. The molecule has 140 valence electrons. The summed E-state index contributed by atoms with van der Waals surface area (Å²) in [4.78, 5) is 26.8. The third kappa shape index (κ3) is 4.68. The Hall–Kier alpha value is -2.25. The molecule has 1 saturated heterocycles. The number of carbonyl (C=O) groups is 1. The first-order valence-corrected chi connectivity index (χ1v) is 9.17. The highest BCUT2D eigenvalue weighted by atomic mass is 16.5. The van der Waals surface area contributed by atoms with Crippen LogP contribution >= 0.6 is 0 Å². The van der Waals surface area contributed by atoms with Crippen LogP contribution in [-0.4, -0.2) is 60.0 Å². The van der Waals surface area contributed by atoms with Crippen LogP contribution in [0.4, 0.5) is 0 Å². The molecule has 7 nitrogen and oxygen atoms in total. The number of aromatic nitrogens is 2. The molecular weight excluding hydrogens is 332 g/mol. The van der Waals surface area contributed by atoms with Gasteiger partial charge in [-0.05, 0) is 25.5 Å². The molecule has 1 aromatic heterocycles. The van der Waals surface area contributed by atoms with Crippen molar-refractivity contribution in [3.8, 4) is 0 Å². The van der Waals surface area contributed by atoms with Crippen LogP contribution in [0.3, 0.4) is 0 Å². The SMILES string of the molecule is Cn1nc(CC(=O)NCCCCN2CCOCC2)c2ccccc2c1=O. The van der Waals surface area contributed by atoms with Crippen molar-refractivity contribution in [3.63, 3.8) is 0 Å². The van der Waals surface area contributed by atoms with Crippen LogP contribution in [0.1, 0.15) is 18.5 Å². The first-order chi connectivity index (χ1) is 12.6. The Bertz CT molecular complexity index is 812. The minimum atomic E-state index is -0.145. The average Bonchev–Trinajstić information content (AvgIpc) is 2.66. The molecule has 2 heterocycles. The summed E-state index contributed by atoms with van der Waals surface area (Å²) < 4.78 is 6.63. The molecule has 1 aliphatic rings. The highest BCUT2D eigenvalue weighted by molar-refractivity contribution is 5.88. The molecule has 1 fully saturated rings. The maximum absolute atomic E-state index is 12.3. The van der Waals surface area contributed by atoms with Gasteiger partial charge in [0.2, 0.25) is 5.91 Å². The molecule has 0 bridgehead atoms. The third-order valence-electron chi connectivity index (χ3n) is 4.69. The fourth-order valence-corrected chi connectivity index (χ4v) is 3.23. The topological polar surface area (TPSA) is 76.5 Å². The number of benzene rings is 1. The van der Waals surface area contributed by atoms with E-state index >= 15 is 0 Å². The lowest BCUT2D eigenvalue weighted by molar-refractivity contribution is -0.120. The molecule has 26 heavy (non-hydrogen) atoms. The minimum absolute atomic E-state index is 0.0623. The maximum atomic E-state index is 12.3. The van der Waals surface area contributed by atoms with Crippen LogP contribution in [0.15, 0.2) is 29.1 Å². The zero-order valence-corrected chi connectivity index (χ0v) is 15.2. The quantitative estimate of drug-likeness (QED) is 0.738. The smallest absolute Gasteiger partial charge is 0.274 e. The van der Waals surface area contributed by atoms with Gasteiger partial charge in [-0.2, -0.15) is 5.10 Å². The van der Waals surface area contributed by atoms with Gasteiger partial charge in [0.1, 0.15) is 0 Å². The predicted octanol–water partition coefficient (Wildman–Crippen LogP) is 0.705. The summed E-state index contributed by atoms with van der Waals surface area (Å²) in [6.07, 6.45) is 2.18. The number of unbranched alkanes of at least 4 members (excludes halogenated alkanes) is 1. The molecule has 0 atom stereocenters. The molecule has 7 heteroatoms. The summed E-state index contributed by atoms with van der Waals surface area (Å²) in [5.41, 5.74) is 0.487. The van der Waals surface area contributed by atoms with Crippen LogP contribution < -0.4 is 10.9 Å². The Morgan fingerprint density at radius 1 is 1.19 bits per heavy atom. The van der Waals surface area contributed by atoms with Crippen LogP contribution in [0.25, 0.3) is 10.8 Å². The van der Waals surface area contributed by atoms with E-state index in [0.29, 0.717) is 17.6 Å². The largest absolute Gasteiger partial charge is 0.379 e.